The predicted molar refractivity (Wildman–Crippen MR) is 80.2 cm³/mol. The summed E-state index contributed by atoms with van der Waals surface area (Å²) in [6, 6.07) is 7.08. The Morgan fingerprint density at radius 2 is 2.14 bits per heavy atom. The fourth-order valence-electron chi connectivity index (χ4n) is 2.23. The van der Waals surface area contributed by atoms with Gasteiger partial charge in [0.15, 0.2) is 0 Å². The number of hydrogen-bond acceptors (Lipinski definition) is 5. The Balaban J connectivity index is 2.30. The summed E-state index contributed by atoms with van der Waals surface area (Å²) in [5, 5.41) is 12.9. The van der Waals surface area contributed by atoms with Crippen LogP contribution in [0.1, 0.15) is 48.2 Å². The van der Waals surface area contributed by atoms with Gasteiger partial charge < -0.3 is 14.7 Å². The maximum atomic E-state index is 12.1. The Morgan fingerprint density at radius 1 is 1.36 bits per heavy atom. The Labute approximate surface area is 129 Å². The van der Waals surface area contributed by atoms with Crippen LogP contribution in [0, 0.1) is 0 Å². The molecule has 0 aliphatic heterocycles. The topological polar surface area (TPSA) is 73.6 Å². The van der Waals surface area contributed by atoms with E-state index in [1.54, 1.807) is 19.1 Å². The molecule has 0 aliphatic rings. The number of rotatable bonds is 6. The SMILES string of the molecule is CCOC(=O)c1cccc(C(C)C)c1COc1ccn(O)n1. The number of aromatic nitrogens is 2. The highest BCUT2D eigenvalue weighted by molar-refractivity contribution is 5.91. The third kappa shape index (κ3) is 3.58. The molecule has 6 heteroatoms. The maximum Gasteiger partial charge on any atom is 0.338 e. The summed E-state index contributed by atoms with van der Waals surface area (Å²) >= 11 is 0. The first-order valence-electron chi connectivity index (χ1n) is 7.19. The Morgan fingerprint density at radius 3 is 2.73 bits per heavy atom. The van der Waals surface area contributed by atoms with Gasteiger partial charge in [0, 0.05) is 11.6 Å². The Kier molecular flexibility index (Phi) is 5.04. The van der Waals surface area contributed by atoms with Crippen molar-refractivity contribution in [3.63, 3.8) is 0 Å². The van der Waals surface area contributed by atoms with Gasteiger partial charge in [-0.25, -0.2) is 4.79 Å². The van der Waals surface area contributed by atoms with Gasteiger partial charge in [0.25, 0.3) is 0 Å². The van der Waals surface area contributed by atoms with Gasteiger partial charge in [0.1, 0.15) is 6.61 Å². The molecule has 1 N–H and O–H groups in total. The largest absolute Gasteiger partial charge is 0.472 e. The number of esters is 1. The fraction of sp³-hybridized carbons (Fsp3) is 0.375. The predicted octanol–water partition coefficient (Wildman–Crippen LogP) is 3.00. The second-order valence-electron chi connectivity index (χ2n) is 5.11. The highest BCUT2D eigenvalue weighted by Crippen LogP contribution is 2.25. The van der Waals surface area contributed by atoms with Crippen molar-refractivity contribution in [3.05, 3.63) is 47.2 Å². The van der Waals surface area contributed by atoms with E-state index in [-0.39, 0.29) is 24.4 Å². The number of hydrogen-bond donors (Lipinski definition) is 1. The normalized spacial score (nSPS) is 10.7. The van der Waals surface area contributed by atoms with Crippen molar-refractivity contribution in [1.82, 2.24) is 9.94 Å². The zero-order valence-corrected chi connectivity index (χ0v) is 12.9. The number of nitrogens with zero attached hydrogens (tertiary/aromatic N) is 2. The highest BCUT2D eigenvalue weighted by atomic mass is 16.5. The zero-order chi connectivity index (χ0) is 16.1. The Hall–Kier alpha value is -2.50. The van der Waals surface area contributed by atoms with Crippen LogP contribution in [0.25, 0.3) is 0 Å². The molecule has 0 atom stereocenters. The molecule has 0 saturated carbocycles. The molecular formula is C16H20N2O4. The van der Waals surface area contributed by atoms with Crippen LogP contribution in [-0.4, -0.2) is 27.7 Å². The van der Waals surface area contributed by atoms with Crippen LogP contribution in [0.3, 0.4) is 0 Å². The third-order valence-electron chi connectivity index (χ3n) is 3.25. The summed E-state index contributed by atoms with van der Waals surface area (Å²) in [4.78, 5) is 12.8. The van der Waals surface area contributed by atoms with Gasteiger partial charge in [-0.15, -0.1) is 4.85 Å². The molecule has 0 radical (unpaired) electrons. The van der Waals surface area contributed by atoms with Crippen molar-refractivity contribution >= 4 is 5.97 Å². The molecule has 0 amide bonds. The van der Waals surface area contributed by atoms with Crippen LogP contribution in [0.2, 0.25) is 0 Å². The minimum absolute atomic E-state index is 0.180. The van der Waals surface area contributed by atoms with E-state index in [0.29, 0.717) is 17.0 Å². The molecule has 0 aliphatic carbocycles. The summed E-state index contributed by atoms with van der Waals surface area (Å²) in [5.74, 6) is 0.163. The van der Waals surface area contributed by atoms with Gasteiger partial charge in [-0.2, -0.15) is 0 Å². The molecule has 118 valence electrons. The molecule has 0 unspecified atom stereocenters. The minimum atomic E-state index is -0.365. The lowest BCUT2D eigenvalue weighted by Crippen LogP contribution is -2.13. The molecule has 2 aromatic rings. The number of ether oxygens (including phenoxy) is 2. The summed E-state index contributed by atoms with van der Waals surface area (Å²) in [6.07, 6.45) is 1.37. The second-order valence-corrected chi connectivity index (χ2v) is 5.11. The van der Waals surface area contributed by atoms with Gasteiger partial charge in [0.2, 0.25) is 5.88 Å². The molecule has 22 heavy (non-hydrogen) atoms. The summed E-state index contributed by atoms with van der Waals surface area (Å²) < 4.78 is 10.7. The first-order valence-corrected chi connectivity index (χ1v) is 7.19. The smallest absolute Gasteiger partial charge is 0.338 e. The van der Waals surface area contributed by atoms with E-state index in [4.69, 9.17) is 14.7 Å². The quantitative estimate of drug-likeness (QED) is 0.656. The number of benzene rings is 1. The zero-order valence-electron chi connectivity index (χ0n) is 12.9. The van der Waals surface area contributed by atoms with Crippen LogP contribution in [0.15, 0.2) is 30.5 Å². The lowest BCUT2D eigenvalue weighted by molar-refractivity contribution is 0.0523. The van der Waals surface area contributed by atoms with Crippen molar-refractivity contribution in [1.29, 1.82) is 0 Å². The van der Waals surface area contributed by atoms with Crippen LogP contribution < -0.4 is 4.74 Å². The molecule has 1 heterocycles. The molecule has 0 saturated heterocycles. The van der Waals surface area contributed by atoms with Crippen LogP contribution >= 0.6 is 0 Å². The average molecular weight is 304 g/mol. The van der Waals surface area contributed by atoms with Crippen molar-refractivity contribution < 1.29 is 19.5 Å². The van der Waals surface area contributed by atoms with E-state index in [2.05, 4.69) is 18.9 Å². The fourth-order valence-corrected chi connectivity index (χ4v) is 2.23. The second kappa shape index (κ2) is 6.98. The monoisotopic (exact) mass is 304 g/mol. The van der Waals surface area contributed by atoms with Crippen molar-refractivity contribution in [2.45, 2.75) is 33.3 Å². The first kappa shape index (κ1) is 15.9. The van der Waals surface area contributed by atoms with E-state index in [9.17, 15) is 4.79 Å². The van der Waals surface area contributed by atoms with Gasteiger partial charge >= 0.3 is 5.97 Å². The van der Waals surface area contributed by atoms with E-state index < -0.39 is 0 Å². The molecular weight excluding hydrogens is 284 g/mol. The summed E-state index contributed by atoms with van der Waals surface area (Å²) in [5.41, 5.74) is 2.30. The number of carbonyl (C=O) groups is 1. The summed E-state index contributed by atoms with van der Waals surface area (Å²) in [6.45, 7) is 6.38. The van der Waals surface area contributed by atoms with Crippen LogP contribution in [-0.2, 0) is 11.3 Å². The molecule has 0 spiro atoms. The molecule has 2 rings (SSSR count). The van der Waals surface area contributed by atoms with E-state index in [1.807, 2.05) is 12.1 Å². The van der Waals surface area contributed by atoms with E-state index in [1.165, 1.54) is 6.20 Å². The van der Waals surface area contributed by atoms with Gasteiger partial charge in [0.05, 0.1) is 18.4 Å². The van der Waals surface area contributed by atoms with Crippen molar-refractivity contribution in [2.75, 3.05) is 6.61 Å². The lowest BCUT2D eigenvalue weighted by atomic mass is 9.93. The molecule has 0 fully saturated rings. The van der Waals surface area contributed by atoms with Gasteiger partial charge in [-0.1, -0.05) is 31.1 Å². The lowest BCUT2D eigenvalue weighted by Gasteiger charge is -2.16. The average Bonchev–Trinajstić information content (AvgIpc) is 2.90. The van der Waals surface area contributed by atoms with Crippen molar-refractivity contribution in [2.24, 2.45) is 0 Å². The molecule has 6 nitrogen and oxygen atoms in total. The first-order chi connectivity index (χ1) is 10.5. The van der Waals surface area contributed by atoms with E-state index >= 15 is 0 Å². The molecule has 0 bridgehead atoms. The Bertz CT molecular complexity index is 649. The van der Waals surface area contributed by atoms with Crippen LogP contribution in [0.5, 0.6) is 5.88 Å². The third-order valence-corrected chi connectivity index (χ3v) is 3.25. The van der Waals surface area contributed by atoms with Crippen LogP contribution in [0.4, 0.5) is 0 Å². The van der Waals surface area contributed by atoms with Gasteiger partial charge in [-0.3, -0.25) is 0 Å². The van der Waals surface area contributed by atoms with Gasteiger partial charge in [-0.05, 0) is 24.5 Å². The highest BCUT2D eigenvalue weighted by Gasteiger charge is 2.18. The van der Waals surface area contributed by atoms with Crippen molar-refractivity contribution in [3.8, 4) is 5.88 Å². The summed E-state index contributed by atoms with van der Waals surface area (Å²) in [7, 11) is 0. The molecule has 1 aromatic heterocycles. The standard InChI is InChI=1S/C16H20N2O4/c1-4-21-16(19)13-7-5-6-12(11(2)3)14(13)10-22-15-8-9-18(20)17-15/h5-9,11,20H,4,10H2,1-3H3. The number of carbonyl (C=O) groups excluding carboxylic acids is 1. The molecule has 1 aromatic carbocycles. The maximum absolute atomic E-state index is 12.1. The van der Waals surface area contributed by atoms with E-state index in [0.717, 1.165) is 11.1 Å². The minimum Gasteiger partial charge on any atom is -0.472 e.